The average Bonchev–Trinajstić information content (AvgIpc) is 3.11. The van der Waals surface area contributed by atoms with Crippen LogP contribution in [0.15, 0.2) is 29.2 Å². The SMILES string of the molecule is Cc1nc2c(N3CCCO[C@H](Cn4cccn4)C3)ncnc2o1. The van der Waals surface area contributed by atoms with Crippen LogP contribution >= 0.6 is 0 Å². The summed E-state index contributed by atoms with van der Waals surface area (Å²) in [7, 11) is 0. The summed E-state index contributed by atoms with van der Waals surface area (Å²) >= 11 is 0. The lowest BCUT2D eigenvalue weighted by atomic mass is 10.3. The molecule has 1 saturated heterocycles. The van der Waals surface area contributed by atoms with Crippen LogP contribution in [-0.2, 0) is 11.3 Å². The zero-order valence-electron chi connectivity index (χ0n) is 12.9. The molecule has 0 saturated carbocycles. The van der Waals surface area contributed by atoms with Crippen LogP contribution in [0.4, 0.5) is 5.82 Å². The molecule has 0 aliphatic carbocycles. The van der Waals surface area contributed by atoms with Gasteiger partial charge in [0.25, 0.3) is 5.71 Å². The first-order chi connectivity index (χ1) is 11.3. The van der Waals surface area contributed by atoms with Gasteiger partial charge in [-0.15, -0.1) is 0 Å². The van der Waals surface area contributed by atoms with E-state index < -0.39 is 0 Å². The summed E-state index contributed by atoms with van der Waals surface area (Å²) in [5, 5.41) is 4.26. The van der Waals surface area contributed by atoms with E-state index in [1.807, 2.05) is 23.9 Å². The molecule has 1 aliphatic heterocycles. The Morgan fingerprint density at radius 2 is 2.30 bits per heavy atom. The summed E-state index contributed by atoms with van der Waals surface area (Å²) < 4.78 is 13.4. The molecule has 0 N–H and O–H groups in total. The maximum atomic E-state index is 5.96. The third kappa shape index (κ3) is 2.89. The number of ether oxygens (including phenoxy) is 1. The second-order valence-corrected chi connectivity index (χ2v) is 5.60. The number of anilines is 1. The molecule has 0 bridgehead atoms. The highest BCUT2D eigenvalue weighted by molar-refractivity contribution is 5.81. The highest BCUT2D eigenvalue weighted by Gasteiger charge is 2.23. The normalized spacial score (nSPS) is 19.2. The molecule has 1 fully saturated rings. The predicted molar refractivity (Wildman–Crippen MR) is 83.1 cm³/mol. The number of aromatic nitrogens is 5. The first-order valence-corrected chi connectivity index (χ1v) is 7.72. The topological polar surface area (TPSA) is 82.1 Å². The van der Waals surface area contributed by atoms with E-state index in [4.69, 9.17) is 9.15 Å². The molecule has 1 aliphatic rings. The van der Waals surface area contributed by atoms with E-state index in [1.54, 1.807) is 6.20 Å². The van der Waals surface area contributed by atoms with Gasteiger partial charge in [0.1, 0.15) is 6.33 Å². The van der Waals surface area contributed by atoms with Crippen molar-refractivity contribution >= 4 is 17.0 Å². The Hall–Kier alpha value is -2.48. The van der Waals surface area contributed by atoms with Crippen molar-refractivity contribution in [2.45, 2.75) is 26.0 Å². The van der Waals surface area contributed by atoms with Gasteiger partial charge < -0.3 is 14.1 Å². The molecule has 23 heavy (non-hydrogen) atoms. The Morgan fingerprint density at radius 3 is 3.17 bits per heavy atom. The van der Waals surface area contributed by atoms with Crippen LogP contribution in [0, 0.1) is 6.92 Å². The van der Waals surface area contributed by atoms with Crippen LogP contribution in [0.25, 0.3) is 11.2 Å². The molecule has 0 unspecified atom stereocenters. The second-order valence-electron chi connectivity index (χ2n) is 5.60. The Balaban J connectivity index is 1.61. The van der Waals surface area contributed by atoms with Gasteiger partial charge >= 0.3 is 0 Å². The van der Waals surface area contributed by atoms with Crippen molar-refractivity contribution in [1.82, 2.24) is 24.7 Å². The minimum Gasteiger partial charge on any atom is -0.422 e. The van der Waals surface area contributed by atoms with Crippen molar-refractivity contribution in [3.8, 4) is 0 Å². The van der Waals surface area contributed by atoms with Crippen molar-refractivity contribution in [3.63, 3.8) is 0 Å². The molecule has 0 spiro atoms. The standard InChI is InChI=1S/C15H18N6O2/c1-11-19-13-14(16-10-17-15(13)23-11)20-5-3-7-22-12(8-20)9-21-6-2-4-18-21/h2,4,6,10,12H,3,5,7-9H2,1H3/t12-/m0/s1. The monoisotopic (exact) mass is 314 g/mol. The van der Waals surface area contributed by atoms with Gasteiger partial charge in [-0.1, -0.05) is 0 Å². The summed E-state index contributed by atoms with van der Waals surface area (Å²) in [5.41, 5.74) is 1.24. The molecule has 0 radical (unpaired) electrons. The van der Waals surface area contributed by atoms with Crippen molar-refractivity contribution in [2.75, 3.05) is 24.6 Å². The first kappa shape index (κ1) is 14.1. The average molecular weight is 314 g/mol. The van der Waals surface area contributed by atoms with Crippen molar-refractivity contribution < 1.29 is 9.15 Å². The van der Waals surface area contributed by atoms with Gasteiger partial charge in [0.05, 0.1) is 12.6 Å². The first-order valence-electron chi connectivity index (χ1n) is 7.72. The van der Waals surface area contributed by atoms with Crippen molar-refractivity contribution in [2.24, 2.45) is 0 Å². The molecule has 120 valence electrons. The van der Waals surface area contributed by atoms with E-state index in [0.717, 1.165) is 38.5 Å². The molecule has 4 rings (SSSR count). The van der Waals surface area contributed by atoms with Gasteiger partial charge in [-0.25, -0.2) is 9.97 Å². The number of hydrogen-bond donors (Lipinski definition) is 0. The molecule has 1 atom stereocenters. The summed E-state index contributed by atoms with van der Waals surface area (Å²) in [6.45, 7) is 4.87. The maximum absolute atomic E-state index is 5.96. The fourth-order valence-electron chi connectivity index (χ4n) is 2.89. The highest BCUT2D eigenvalue weighted by atomic mass is 16.5. The number of fused-ring (bicyclic) bond motifs is 1. The van der Waals surface area contributed by atoms with E-state index in [0.29, 0.717) is 17.1 Å². The van der Waals surface area contributed by atoms with Gasteiger partial charge in [0.15, 0.2) is 17.2 Å². The molecule has 0 aromatic carbocycles. The number of hydrogen-bond acceptors (Lipinski definition) is 7. The van der Waals surface area contributed by atoms with Crippen LogP contribution < -0.4 is 4.90 Å². The lowest BCUT2D eigenvalue weighted by Gasteiger charge is -2.24. The van der Waals surface area contributed by atoms with Crippen molar-refractivity contribution in [1.29, 1.82) is 0 Å². The minimum atomic E-state index is 0.0513. The smallest absolute Gasteiger partial charge is 0.252 e. The van der Waals surface area contributed by atoms with Crippen LogP contribution in [0.3, 0.4) is 0 Å². The zero-order chi connectivity index (χ0) is 15.6. The molecule has 4 heterocycles. The minimum absolute atomic E-state index is 0.0513. The maximum Gasteiger partial charge on any atom is 0.252 e. The zero-order valence-corrected chi connectivity index (χ0v) is 12.9. The number of rotatable bonds is 3. The molecular weight excluding hydrogens is 296 g/mol. The fraction of sp³-hybridized carbons (Fsp3) is 0.467. The molecular formula is C15H18N6O2. The highest BCUT2D eigenvalue weighted by Crippen LogP contribution is 2.24. The fourth-order valence-corrected chi connectivity index (χ4v) is 2.89. The number of aryl methyl sites for hydroxylation is 1. The summed E-state index contributed by atoms with van der Waals surface area (Å²) in [6, 6.07) is 1.92. The summed E-state index contributed by atoms with van der Waals surface area (Å²) in [6.07, 6.45) is 6.24. The van der Waals surface area contributed by atoms with Crippen LogP contribution in [0.2, 0.25) is 0 Å². The van der Waals surface area contributed by atoms with Gasteiger partial charge in [-0.3, -0.25) is 4.68 Å². The van der Waals surface area contributed by atoms with E-state index in [1.165, 1.54) is 6.33 Å². The van der Waals surface area contributed by atoms with Crippen molar-refractivity contribution in [3.05, 3.63) is 30.7 Å². The van der Waals surface area contributed by atoms with Gasteiger partial charge in [-0.2, -0.15) is 10.1 Å². The third-order valence-electron chi connectivity index (χ3n) is 3.88. The quantitative estimate of drug-likeness (QED) is 0.723. The van der Waals surface area contributed by atoms with Gasteiger partial charge in [-0.05, 0) is 12.5 Å². The predicted octanol–water partition coefficient (Wildman–Crippen LogP) is 1.42. The molecule has 8 nitrogen and oxygen atoms in total. The second kappa shape index (κ2) is 5.96. The Kier molecular flexibility index (Phi) is 3.66. The Bertz CT molecular complexity index is 784. The van der Waals surface area contributed by atoms with E-state index in [9.17, 15) is 0 Å². The molecule has 3 aromatic heterocycles. The largest absolute Gasteiger partial charge is 0.422 e. The Morgan fingerprint density at radius 1 is 1.35 bits per heavy atom. The number of nitrogens with zero attached hydrogens (tertiary/aromatic N) is 6. The van der Waals surface area contributed by atoms with E-state index in [2.05, 4.69) is 25.0 Å². The third-order valence-corrected chi connectivity index (χ3v) is 3.88. The molecule has 0 amide bonds. The lowest BCUT2D eigenvalue weighted by Crippen LogP contribution is -2.35. The summed E-state index contributed by atoms with van der Waals surface area (Å²) in [4.78, 5) is 15.2. The molecule has 8 heteroatoms. The van der Waals surface area contributed by atoms with E-state index in [-0.39, 0.29) is 6.10 Å². The van der Waals surface area contributed by atoms with E-state index >= 15 is 0 Å². The van der Waals surface area contributed by atoms with Crippen LogP contribution in [0.1, 0.15) is 12.3 Å². The van der Waals surface area contributed by atoms with Crippen LogP contribution in [-0.4, -0.2) is 50.5 Å². The Labute approximate surface area is 133 Å². The van der Waals surface area contributed by atoms with Gasteiger partial charge in [0, 0.05) is 39.0 Å². The molecule has 3 aromatic rings. The summed E-state index contributed by atoms with van der Waals surface area (Å²) in [5.74, 6) is 1.41. The van der Waals surface area contributed by atoms with Crippen LogP contribution in [0.5, 0.6) is 0 Å². The number of oxazole rings is 1. The lowest BCUT2D eigenvalue weighted by molar-refractivity contribution is 0.0543. The van der Waals surface area contributed by atoms with Gasteiger partial charge in [0.2, 0.25) is 0 Å².